The van der Waals surface area contributed by atoms with Crippen molar-refractivity contribution in [2.75, 3.05) is 6.61 Å². The van der Waals surface area contributed by atoms with Gasteiger partial charge in [0.25, 0.3) is 0 Å². The van der Waals surface area contributed by atoms with Crippen molar-refractivity contribution in [3.8, 4) is 5.75 Å². The van der Waals surface area contributed by atoms with Crippen molar-refractivity contribution in [1.82, 2.24) is 0 Å². The zero-order valence-electron chi connectivity index (χ0n) is 10.6. The first-order valence-corrected chi connectivity index (χ1v) is 6.30. The third-order valence-electron chi connectivity index (χ3n) is 2.66. The van der Waals surface area contributed by atoms with Crippen molar-refractivity contribution >= 4 is 0 Å². The number of unbranched alkanes of at least 4 members (excludes halogenated alkanes) is 2. The minimum Gasteiger partial charge on any atom is -0.493 e. The number of rotatable bonds is 7. The second kappa shape index (κ2) is 7.29. The lowest BCUT2D eigenvalue weighted by Crippen LogP contribution is -2.09. The van der Waals surface area contributed by atoms with Crippen LogP contribution in [0.3, 0.4) is 0 Å². The summed E-state index contributed by atoms with van der Waals surface area (Å²) in [4.78, 5) is 0. The van der Waals surface area contributed by atoms with E-state index in [1.165, 1.54) is 0 Å². The van der Waals surface area contributed by atoms with Crippen LogP contribution in [0.1, 0.15) is 38.2 Å². The van der Waals surface area contributed by atoms with Crippen molar-refractivity contribution < 1.29 is 17.9 Å². The van der Waals surface area contributed by atoms with Gasteiger partial charge in [0.1, 0.15) is 5.75 Å². The molecule has 0 aliphatic rings. The summed E-state index contributed by atoms with van der Waals surface area (Å²) in [6.45, 7) is 2.66. The van der Waals surface area contributed by atoms with Gasteiger partial charge in [0, 0.05) is 6.42 Å². The van der Waals surface area contributed by atoms with Gasteiger partial charge in [-0.25, -0.2) is 0 Å². The predicted molar refractivity (Wildman–Crippen MR) is 65.8 cm³/mol. The fourth-order valence-corrected chi connectivity index (χ4v) is 1.66. The Kier molecular flexibility index (Phi) is 6.02. The Morgan fingerprint density at radius 1 is 1.11 bits per heavy atom. The molecule has 0 spiro atoms. The first-order valence-electron chi connectivity index (χ1n) is 6.30. The molecule has 0 radical (unpaired) electrons. The van der Waals surface area contributed by atoms with E-state index in [4.69, 9.17) is 4.74 Å². The van der Waals surface area contributed by atoms with Crippen LogP contribution >= 0.6 is 0 Å². The summed E-state index contributed by atoms with van der Waals surface area (Å²) in [6.07, 6.45) is -1.83. The number of benzene rings is 1. The van der Waals surface area contributed by atoms with Crippen molar-refractivity contribution in [1.29, 1.82) is 0 Å². The number of halogens is 3. The number of hydrogen-bond donors (Lipinski definition) is 0. The van der Waals surface area contributed by atoms with Crippen LogP contribution in [-0.2, 0) is 6.42 Å². The molecule has 0 aromatic heterocycles. The summed E-state index contributed by atoms with van der Waals surface area (Å²) in [5.41, 5.74) is 0.631. The molecule has 1 aromatic rings. The van der Waals surface area contributed by atoms with Crippen LogP contribution in [0, 0.1) is 0 Å². The van der Waals surface area contributed by atoms with Gasteiger partial charge in [-0.2, -0.15) is 13.2 Å². The highest BCUT2D eigenvalue weighted by Gasteiger charge is 2.26. The number of ether oxygens (including phenoxy) is 1. The van der Waals surface area contributed by atoms with E-state index in [0.717, 1.165) is 19.3 Å². The third kappa shape index (κ3) is 5.94. The van der Waals surface area contributed by atoms with Crippen LogP contribution in [0.2, 0.25) is 0 Å². The predicted octanol–water partition coefficient (Wildman–Crippen LogP) is 4.75. The summed E-state index contributed by atoms with van der Waals surface area (Å²) in [5.74, 6) is 0.581. The van der Waals surface area contributed by atoms with E-state index in [-0.39, 0.29) is 6.42 Å². The molecular weight excluding hydrogens is 241 g/mol. The third-order valence-corrected chi connectivity index (χ3v) is 2.66. The molecule has 0 fully saturated rings. The molecule has 102 valence electrons. The highest BCUT2D eigenvalue weighted by molar-refractivity contribution is 5.33. The van der Waals surface area contributed by atoms with Crippen molar-refractivity contribution in [3.05, 3.63) is 29.8 Å². The van der Waals surface area contributed by atoms with Gasteiger partial charge in [-0.15, -0.1) is 0 Å². The lowest BCUT2D eigenvalue weighted by molar-refractivity contribution is -0.134. The van der Waals surface area contributed by atoms with E-state index < -0.39 is 12.6 Å². The van der Waals surface area contributed by atoms with Crippen LogP contribution in [0.25, 0.3) is 0 Å². The second-order valence-electron chi connectivity index (χ2n) is 4.28. The molecule has 4 heteroatoms. The minimum atomic E-state index is -4.12. The topological polar surface area (TPSA) is 9.23 Å². The van der Waals surface area contributed by atoms with Crippen molar-refractivity contribution in [2.24, 2.45) is 0 Å². The Labute approximate surface area is 106 Å². The zero-order chi connectivity index (χ0) is 13.4. The Balaban J connectivity index is 2.51. The molecule has 0 saturated heterocycles. The molecule has 0 bridgehead atoms. The largest absolute Gasteiger partial charge is 0.493 e. The van der Waals surface area contributed by atoms with E-state index in [1.54, 1.807) is 24.3 Å². The van der Waals surface area contributed by atoms with Gasteiger partial charge in [-0.1, -0.05) is 38.0 Å². The smallest absolute Gasteiger partial charge is 0.389 e. The lowest BCUT2D eigenvalue weighted by Gasteiger charge is -2.12. The first-order chi connectivity index (χ1) is 8.53. The van der Waals surface area contributed by atoms with Crippen molar-refractivity contribution in [3.63, 3.8) is 0 Å². The number of para-hydroxylation sites is 1. The molecular formula is C14H19F3O. The number of alkyl halides is 3. The maximum Gasteiger partial charge on any atom is 0.389 e. The van der Waals surface area contributed by atoms with E-state index in [9.17, 15) is 13.2 Å². The fraction of sp³-hybridized carbons (Fsp3) is 0.571. The number of hydrogen-bond acceptors (Lipinski definition) is 1. The van der Waals surface area contributed by atoms with Crippen LogP contribution in [0.4, 0.5) is 13.2 Å². The molecule has 0 atom stereocenters. The minimum absolute atomic E-state index is 0.0204. The highest BCUT2D eigenvalue weighted by atomic mass is 19.4. The van der Waals surface area contributed by atoms with Gasteiger partial charge in [-0.05, 0) is 24.5 Å². The summed E-state index contributed by atoms with van der Waals surface area (Å²) in [5, 5.41) is 0. The quantitative estimate of drug-likeness (QED) is 0.643. The molecule has 0 unspecified atom stereocenters. The summed E-state index contributed by atoms with van der Waals surface area (Å²) in [6, 6.07) is 6.95. The molecule has 0 aliphatic carbocycles. The molecule has 1 nitrogen and oxygen atoms in total. The average Bonchev–Trinajstić information content (AvgIpc) is 2.32. The maximum atomic E-state index is 12.2. The van der Waals surface area contributed by atoms with Crippen LogP contribution in [-0.4, -0.2) is 12.8 Å². The maximum absolute atomic E-state index is 12.2. The van der Waals surface area contributed by atoms with E-state index >= 15 is 0 Å². The molecule has 1 aromatic carbocycles. The van der Waals surface area contributed by atoms with Gasteiger partial charge in [0.2, 0.25) is 0 Å². The monoisotopic (exact) mass is 260 g/mol. The summed E-state index contributed by atoms with van der Waals surface area (Å²) in [7, 11) is 0. The Morgan fingerprint density at radius 2 is 1.83 bits per heavy atom. The molecule has 0 heterocycles. The van der Waals surface area contributed by atoms with E-state index in [2.05, 4.69) is 6.92 Å². The van der Waals surface area contributed by atoms with Gasteiger partial charge in [0.05, 0.1) is 6.61 Å². The molecule has 18 heavy (non-hydrogen) atoms. The summed E-state index contributed by atoms with van der Waals surface area (Å²) < 4.78 is 42.1. The van der Waals surface area contributed by atoms with Gasteiger partial charge < -0.3 is 4.74 Å². The molecule has 0 amide bonds. The highest BCUT2D eigenvalue weighted by Crippen LogP contribution is 2.26. The number of aryl methyl sites for hydroxylation is 1. The van der Waals surface area contributed by atoms with Crippen LogP contribution < -0.4 is 4.74 Å². The lowest BCUT2D eigenvalue weighted by atomic mass is 10.1. The van der Waals surface area contributed by atoms with Gasteiger partial charge >= 0.3 is 6.18 Å². The Bertz CT molecular complexity index is 347. The Morgan fingerprint density at radius 3 is 2.50 bits per heavy atom. The van der Waals surface area contributed by atoms with Gasteiger partial charge in [0.15, 0.2) is 0 Å². The molecule has 0 aliphatic heterocycles. The zero-order valence-corrected chi connectivity index (χ0v) is 10.6. The van der Waals surface area contributed by atoms with Gasteiger partial charge in [-0.3, -0.25) is 0 Å². The molecule has 1 rings (SSSR count). The SMILES string of the molecule is CCCCCOc1ccccc1CCC(F)(F)F. The molecule has 0 saturated carbocycles. The standard InChI is InChI=1S/C14H19F3O/c1-2-3-6-11-18-13-8-5-4-7-12(13)9-10-14(15,16)17/h4-5,7-8H,2-3,6,9-11H2,1H3. The second-order valence-corrected chi connectivity index (χ2v) is 4.28. The van der Waals surface area contributed by atoms with Crippen LogP contribution in [0.5, 0.6) is 5.75 Å². The van der Waals surface area contributed by atoms with E-state index in [1.807, 2.05) is 0 Å². The van der Waals surface area contributed by atoms with Crippen molar-refractivity contribution in [2.45, 2.75) is 45.2 Å². The Hall–Kier alpha value is -1.19. The fourth-order valence-electron chi connectivity index (χ4n) is 1.66. The van der Waals surface area contributed by atoms with E-state index in [0.29, 0.717) is 17.9 Å². The van der Waals surface area contributed by atoms with Crippen LogP contribution in [0.15, 0.2) is 24.3 Å². The first kappa shape index (κ1) is 14.9. The molecule has 0 N–H and O–H groups in total. The normalized spacial score (nSPS) is 11.6. The average molecular weight is 260 g/mol. The summed E-state index contributed by atoms with van der Waals surface area (Å²) >= 11 is 0.